The van der Waals surface area contributed by atoms with Gasteiger partial charge in [-0.2, -0.15) is 0 Å². The number of nitrogens with two attached hydrogens (primary N) is 1. The molecular weight excluding hydrogens is 260 g/mol. The van der Waals surface area contributed by atoms with Crippen LogP contribution in [0.5, 0.6) is 0 Å². The summed E-state index contributed by atoms with van der Waals surface area (Å²) < 4.78 is 0. The van der Waals surface area contributed by atoms with Crippen LogP contribution in [0.4, 0.5) is 0 Å². The molecule has 3 heteroatoms. The zero-order valence-electron chi connectivity index (χ0n) is 14.2. The monoisotopic (exact) mass is 294 g/mol. The number of rotatable bonds is 4. The molecule has 21 heavy (non-hydrogen) atoms. The van der Waals surface area contributed by atoms with Gasteiger partial charge in [0, 0.05) is 19.0 Å². The van der Waals surface area contributed by atoms with E-state index in [9.17, 15) is 4.79 Å². The van der Waals surface area contributed by atoms with Crippen molar-refractivity contribution in [2.24, 2.45) is 23.0 Å². The molecule has 2 N–H and O–H groups in total. The van der Waals surface area contributed by atoms with Crippen LogP contribution in [0.1, 0.15) is 71.6 Å². The molecule has 0 aromatic heterocycles. The fraction of sp³-hybridized carbons (Fsp3) is 0.944. The summed E-state index contributed by atoms with van der Waals surface area (Å²) in [6.07, 6.45) is 10.6. The minimum Gasteiger partial charge on any atom is -0.343 e. The van der Waals surface area contributed by atoms with Crippen molar-refractivity contribution >= 4 is 5.91 Å². The van der Waals surface area contributed by atoms with Gasteiger partial charge >= 0.3 is 0 Å². The molecule has 2 saturated carbocycles. The molecule has 2 aliphatic rings. The standard InChI is InChI=1S/C18H34N2O/c1-18(2)10-7-16(8-11-18)20(3)17(21)15-6-4-5-14(13-15)9-12-19/h14-16H,4-13,19H2,1-3H3. The molecule has 1 amide bonds. The van der Waals surface area contributed by atoms with Crippen LogP contribution < -0.4 is 5.73 Å². The van der Waals surface area contributed by atoms with Gasteiger partial charge < -0.3 is 10.6 Å². The lowest BCUT2D eigenvalue weighted by Gasteiger charge is -2.40. The van der Waals surface area contributed by atoms with Crippen molar-refractivity contribution in [2.75, 3.05) is 13.6 Å². The summed E-state index contributed by atoms with van der Waals surface area (Å²) in [6.45, 7) is 5.46. The first-order valence-corrected chi connectivity index (χ1v) is 8.89. The van der Waals surface area contributed by atoms with E-state index in [0.29, 0.717) is 23.3 Å². The van der Waals surface area contributed by atoms with Gasteiger partial charge in [-0.05, 0) is 62.8 Å². The van der Waals surface area contributed by atoms with Crippen molar-refractivity contribution < 1.29 is 4.79 Å². The van der Waals surface area contributed by atoms with Crippen molar-refractivity contribution in [3.8, 4) is 0 Å². The summed E-state index contributed by atoms with van der Waals surface area (Å²) in [7, 11) is 2.04. The molecule has 0 saturated heterocycles. The number of hydrogen-bond acceptors (Lipinski definition) is 2. The zero-order chi connectivity index (χ0) is 15.5. The zero-order valence-corrected chi connectivity index (χ0v) is 14.2. The van der Waals surface area contributed by atoms with Crippen molar-refractivity contribution in [3.63, 3.8) is 0 Å². The maximum absolute atomic E-state index is 12.8. The third kappa shape index (κ3) is 4.45. The van der Waals surface area contributed by atoms with E-state index in [2.05, 4.69) is 18.7 Å². The van der Waals surface area contributed by atoms with E-state index in [1.807, 2.05) is 7.05 Å². The third-order valence-electron chi connectivity index (χ3n) is 5.91. The molecule has 0 bridgehead atoms. The first kappa shape index (κ1) is 16.8. The Hall–Kier alpha value is -0.570. The number of carbonyl (C=O) groups excluding carboxylic acids is 1. The van der Waals surface area contributed by atoms with Crippen LogP contribution >= 0.6 is 0 Å². The average molecular weight is 294 g/mol. The van der Waals surface area contributed by atoms with E-state index < -0.39 is 0 Å². The maximum atomic E-state index is 12.8. The van der Waals surface area contributed by atoms with Crippen molar-refractivity contribution in [1.29, 1.82) is 0 Å². The molecule has 0 aromatic carbocycles. The normalized spacial score (nSPS) is 30.1. The highest BCUT2D eigenvalue weighted by molar-refractivity contribution is 5.79. The summed E-state index contributed by atoms with van der Waals surface area (Å²) in [5, 5.41) is 0. The predicted molar refractivity (Wildman–Crippen MR) is 87.9 cm³/mol. The quantitative estimate of drug-likeness (QED) is 0.861. The summed E-state index contributed by atoms with van der Waals surface area (Å²) in [6, 6.07) is 0.473. The molecule has 2 rings (SSSR count). The highest BCUT2D eigenvalue weighted by Gasteiger charge is 2.34. The molecule has 2 unspecified atom stereocenters. The van der Waals surface area contributed by atoms with Gasteiger partial charge in [-0.1, -0.05) is 26.7 Å². The van der Waals surface area contributed by atoms with Crippen LogP contribution in [0.2, 0.25) is 0 Å². The summed E-state index contributed by atoms with van der Waals surface area (Å²) in [5.74, 6) is 1.34. The second-order valence-electron chi connectivity index (χ2n) is 8.15. The minimum atomic E-state index is 0.259. The molecule has 2 atom stereocenters. The summed E-state index contributed by atoms with van der Waals surface area (Å²) in [5.41, 5.74) is 6.16. The SMILES string of the molecule is CN(C(=O)C1CCCC(CCN)C1)C1CCC(C)(C)CC1. The fourth-order valence-corrected chi connectivity index (χ4v) is 4.25. The Labute approximate surface area is 130 Å². The first-order valence-electron chi connectivity index (χ1n) is 8.89. The lowest BCUT2D eigenvalue weighted by atomic mass is 9.74. The topological polar surface area (TPSA) is 46.3 Å². The minimum absolute atomic E-state index is 0.259. The molecule has 2 aliphatic carbocycles. The van der Waals surface area contributed by atoms with Gasteiger partial charge in [0.15, 0.2) is 0 Å². The lowest BCUT2D eigenvalue weighted by Crippen LogP contribution is -2.44. The van der Waals surface area contributed by atoms with Crippen LogP contribution in [0, 0.1) is 17.3 Å². The van der Waals surface area contributed by atoms with E-state index in [4.69, 9.17) is 5.73 Å². The Balaban J connectivity index is 1.87. The fourth-order valence-electron chi connectivity index (χ4n) is 4.25. The van der Waals surface area contributed by atoms with E-state index in [1.165, 1.54) is 38.5 Å². The number of hydrogen-bond donors (Lipinski definition) is 1. The molecule has 3 nitrogen and oxygen atoms in total. The summed E-state index contributed by atoms with van der Waals surface area (Å²) >= 11 is 0. The van der Waals surface area contributed by atoms with Crippen molar-refractivity contribution in [1.82, 2.24) is 4.90 Å². The third-order valence-corrected chi connectivity index (χ3v) is 5.91. The largest absolute Gasteiger partial charge is 0.343 e. The molecule has 0 aliphatic heterocycles. The van der Waals surface area contributed by atoms with Gasteiger partial charge in [0.05, 0.1) is 0 Å². The maximum Gasteiger partial charge on any atom is 0.225 e. The first-order chi connectivity index (χ1) is 9.93. The number of nitrogens with zero attached hydrogens (tertiary/aromatic N) is 1. The van der Waals surface area contributed by atoms with Crippen LogP contribution in [-0.4, -0.2) is 30.4 Å². The van der Waals surface area contributed by atoms with Crippen molar-refractivity contribution in [3.05, 3.63) is 0 Å². The highest BCUT2D eigenvalue weighted by Crippen LogP contribution is 2.38. The molecular formula is C18H34N2O. The van der Waals surface area contributed by atoms with Gasteiger partial charge in [0.2, 0.25) is 5.91 Å². The molecule has 0 spiro atoms. The second-order valence-corrected chi connectivity index (χ2v) is 8.15. The Morgan fingerprint density at radius 1 is 1.19 bits per heavy atom. The Morgan fingerprint density at radius 2 is 1.86 bits per heavy atom. The van der Waals surface area contributed by atoms with Gasteiger partial charge in [-0.25, -0.2) is 0 Å². The average Bonchev–Trinajstić information content (AvgIpc) is 2.46. The number of amides is 1. The van der Waals surface area contributed by atoms with Crippen LogP contribution in [-0.2, 0) is 4.79 Å². The predicted octanol–water partition coefficient (Wildman–Crippen LogP) is 3.57. The Bertz CT molecular complexity index is 341. The molecule has 0 heterocycles. The highest BCUT2D eigenvalue weighted by atomic mass is 16.2. The molecule has 122 valence electrons. The van der Waals surface area contributed by atoms with Crippen LogP contribution in [0.15, 0.2) is 0 Å². The Kier molecular flexibility index (Phi) is 5.70. The van der Waals surface area contributed by atoms with Gasteiger partial charge in [0.25, 0.3) is 0 Å². The number of carbonyl (C=O) groups is 1. The molecule has 0 radical (unpaired) electrons. The van der Waals surface area contributed by atoms with E-state index >= 15 is 0 Å². The van der Waals surface area contributed by atoms with Gasteiger partial charge in [-0.15, -0.1) is 0 Å². The van der Waals surface area contributed by atoms with Crippen molar-refractivity contribution in [2.45, 2.75) is 77.7 Å². The second kappa shape index (κ2) is 7.13. The van der Waals surface area contributed by atoms with Gasteiger partial charge in [-0.3, -0.25) is 4.79 Å². The van der Waals surface area contributed by atoms with E-state index in [0.717, 1.165) is 25.8 Å². The molecule has 0 aromatic rings. The molecule has 2 fully saturated rings. The Morgan fingerprint density at radius 3 is 2.48 bits per heavy atom. The summed E-state index contributed by atoms with van der Waals surface area (Å²) in [4.78, 5) is 14.9. The van der Waals surface area contributed by atoms with Crippen LogP contribution in [0.25, 0.3) is 0 Å². The van der Waals surface area contributed by atoms with Crippen LogP contribution in [0.3, 0.4) is 0 Å². The van der Waals surface area contributed by atoms with Gasteiger partial charge in [0.1, 0.15) is 0 Å². The lowest BCUT2D eigenvalue weighted by molar-refractivity contribution is -0.139. The smallest absolute Gasteiger partial charge is 0.225 e. The van der Waals surface area contributed by atoms with E-state index in [-0.39, 0.29) is 5.92 Å². The van der Waals surface area contributed by atoms with E-state index in [1.54, 1.807) is 0 Å².